The van der Waals surface area contributed by atoms with Crippen LogP contribution in [0.15, 0.2) is 10.6 Å². The van der Waals surface area contributed by atoms with Crippen LogP contribution >= 0.6 is 0 Å². The van der Waals surface area contributed by atoms with E-state index in [0.717, 1.165) is 0 Å². The molecule has 0 aliphatic heterocycles. The number of halogens is 2. The zero-order valence-corrected chi connectivity index (χ0v) is 10.9. The number of nitrogens with zero attached hydrogens (tertiary/aromatic N) is 2. The lowest BCUT2D eigenvalue weighted by atomic mass is 10.1. The van der Waals surface area contributed by atoms with Crippen molar-refractivity contribution in [2.75, 3.05) is 5.73 Å². The average molecular weight is 257 g/mol. The lowest BCUT2D eigenvalue weighted by Gasteiger charge is -2.07. The zero-order valence-electron chi connectivity index (χ0n) is 10.9. The van der Waals surface area contributed by atoms with Gasteiger partial charge in [0.15, 0.2) is 11.4 Å². The number of rotatable bonds is 2. The molecule has 0 aromatic carbocycles. The fourth-order valence-electron chi connectivity index (χ4n) is 1.51. The van der Waals surface area contributed by atoms with E-state index in [2.05, 4.69) is 10.1 Å². The first-order valence-corrected chi connectivity index (χ1v) is 5.84. The summed E-state index contributed by atoms with van der Waals surface area (Å²) in [7, 11) is 0. The van der Waals surface area contributed by atoms with Gasteiger partial charge in [0, 0.05) is 0 Å². The van der Waals surface area contributed by atoms with Crippen LogP contribution in [0, 0.1) is 0 Å². The number of nitrogens with two attached hydrogens (primary N) is 1. The fourth-order valence-corrected chi connectivity index (χ4v) is 1.51. The molecule has 0 saturated heterocycles. The first-order chi connectivity index (χ1) is 8.50. The van der Waals surface area contributed by atoms with Gasteiger partial charge in [0.05, 0.1) is 11.1 Å². The van der Waals surface area contributed by atoms with E-state index in [4.69, 9.17) is 10.3 Å². The Labute approximate surface area is 104 Å². The van der Waals surface area contributed by atoms with Gasteiger partial charge in [-0.2, -0.15) is 0 Å². The largest absolute Gasteiger partial charge is 0.380 e. The van der Waals surface area contributed by atoms with Crippen LogP contribution < -0.4 is 5.73 Å². The molecular weight excluding hydrogens is 240 g/mol. The van der Waals surface area contributed by atoms with Crippen LogP contribution in [0.4, 0.5) is 14.6 Å². The minimum Gasteiger partial charge on any atom is -0.380 e. The molecule has 2 N–H and O–H groups in total. The second-order valence-corrected chi connectivity index (χ2v) is 3.83. The van der Waals surface area contributed by atoms with Gasteiger partial charge < -0.3 is 10.3 Å². The van der Waals surface area contributed by atoms with Crippen LogP contribution in [-0.4, -0.2) is 10.1 Å². The number of aromatic nitrogens is 2. The van der Waals surface area contributed by atoms with Crippen LogP contribution in [0.25, 0.3) is 11.0 Å². The minimum absolute atomic E-state index is 0.0338. The van der Waals surface area contributed by atoms with Crippen LogP contribution in [0.2, 0.25) is 0 Å². The SMILES string of the molecule is CC.CC(C)c1nc(C(F)F)cc2c(N)noc12. The molecule has 100 valence electrons. The van der Waals surface area contributed by atoms with Crippen LogP contribution in [0.1, 0.15) is 51.4 Å². The minimum atomic E-state index is -2.63. The molecule has 0 amide bonds. The maximum atomic E-state index is 12.6. The molecule has 0 radical (unpaired) electrons. The van der Waals surface area contributed by atoms with Crippen molar-refractivity contribution in [1.29, 1.82) is 0 Å². The Morgan fingerprint density at radius 2 is 1.89 bits per heavy atom. The summed E-state index contributed by atoms with van der Waals surface area (Å²) in [6.45, 7) is 7.69. The molecule has 0 aliphatic rings. The Morgan fingerprint density at radius 1 is 1.28 bits per heavy atom. The lowest BCUT2D eigenvalue weighted by Crippen LogP contribution is -1.99. The summed E-state index contributed by atoms with van der Waals surface area (Å²) < 4.78 is 30.2. The highest BCUT2D eigenvalue weighted by Crippen LogP contribution is 2.30. The molecule has 2 rings (SSSR count). The van der Waals surface area contributed by atoms with Gasteiger partial charge in [-0.05, 0) is 12.0 Å². The first-order valence-electron chi connectivity index (χ1n) is 5.84. The molecule has 2 aromatic rings. The van der Waals surface area contributed by atoms with E-state index in [0.29, 0.717) is 16.7 Å². The Morgan fingerprint density at radius 3 is 2.39 bits per heavy atom. The molecule has 0 aliphatic carbocycles. The Kier molecular flexibility index (Phi) is 4.58. The molecule has 0 saturated carbocycles. The Hall–Kier alpha value is -1.72. The van der Waals surface area contributed by atoms with Crippen LogP contribution in [0.5, 0.6) is 0 Å². The number of hydrogen-bond acceptors (Lipinski definition) is 4. The number of pyridine rings is 1. The topological polar surface area (TPSA) is 64.9 Å². The lowest BCUT2D eigenvalue weighted by molar-refractivity contribution is 0.146. The van der Waals surface area contributed by atoms with E-state index in [1.165, 1.54) is 6.07 Å². The van der Waals surface area contributed by atoms with Gasteiger partial charge in [0.1, 0.15) is 5.69 Å². The molecule has 0 atom stereocenters. The number of nitrogen functional groups attached to an aromatic ring is 1. The molecule has 18 heavy (non-hydrogen) atoms. The van der Waals surface area contributed by atoms with Crippen molar-refractivity contribution in [2.24, 2.45) is 0 Å². The predicted molar refractivity (Wildman–Crippen MR) is 66.6 cm³/mol. The maximum absolute atomic E-state index is 12.6. The predicted octanol–water partition coefficient (Wildman–Crippen LogP) is 3.89. The van der Waals surface area contributed by atoms with Crippen molar-refractivity contribution >= 4 is 16.8 Å². The first kappa shape index (κ1) is 14.3. The van der Waals surface area contributed by atoms with Gasteiger partial charge in [-0.3, -0.25) is 0 Å². The van der Waals surface area contributed by atoms with Crippen molar-refractivity contribution in [2.45, 2.75) is 40.0 Å². The third kappa shape index (κ3) is 2.57. The second-order valence-electron chi connectivity index (χ2n) is 3.83. The number of hydrogen-bond donors (Lipinski definition) is 1. The summed E-state index contributed by atoms with van der Waals surface area (Å²) in [6.07, 6.45) is -2.63. The van der Waals surface area contributed by atoms with E-state index in [1.807, 2.05) is 27.7 Å². The molecule has 0 unspecified atom stereocenters. The van der Waals surface area contributed by atoms with Crippen LogP contribution in [0.3, 0.4) is 0 Å². The Balaban J connectivity index is 0.000000771. The second kappa shape index (κ2) is 5.75. The van der Waals surface area contributed by atoms with Gasteiger partial charge >= 0.3 is 0 Å². The maximum Gasteiger partial charge on any atom is 0.280 e. The van der Waals surface area contributed by atoms with E-state index in [-0.39, 0.29) is 17.4 Å². The molecule has 2 aromatic heterocycles. The molecule has 6 heteroatoms. The van der Waals surface area contributed by atoms with E-state index < -0.39 is 6.43 Å². The summed E-state index contributed by atoms with van der Waals surface area (Å²) in [5.74, 6) is 0.0785. The van der Waals surface area contributed by atoms with Crippen molar-refractivity contribution in [3.05, 3.63) is 17.5 Å². The molecular formula is C12H17F2N3O. The molecule has 0 fully saturated rings. The van der Waals surface area contributed by atoms with Crippen molar-refractivity contribution < 1.29 is 13.3 Å². The highest BCUT2D eigenvalue weighted by atomic mass is 19.3. The summed E-state index contributed by atoms with van der Waals surface area (Å²) in [6, 6.07) is 1.22. The van der Waals surface area contributed by atoms with Crippen molar-refractivity contribution in [1.82, 2.24) is 10.1 Å². The van der Waals surface area contributed by atoms with Crippen molar-refractivity contribution in [3.63, 3.8) is 0 Å². The molecule has 4 nitrogen and oxygen atoms in total. The summed E-state index contributed by atoms with van der Waals surface area (Å²) in [4.78, 5) is 3.87. The van der Waals surface area contributed by atoms with E-state index in [1.54, 1.807) is 0 Å². The van der Waals surface area contributed by atoms with Gasteiger partial charge in [-0.15, -0.1) is 0 Å². The molecule has 2 heterocycles. The average Bonchev–Trinajstić information content (AvgIpc) is 2.72. The monoisotopic (exact) mass is 257 g/mol. The zero-order chi connectivity index (χ0) is 13.9. The van der Waals surface area contributed by atoms with Crippen molar-refractivity contribution in [3.8, 4) is 0 Å². The quantitative estimate of drug-likeness (QED) is 0.886. The molecule has 0 bridgehead atoms. The summed E-state index contributed by atoms with van der Waals surface area (Å²) >= 11 is 0. The summed E-state index contributed by atoms with van der Waals surface area (Å²) in [5, 5.41) is 3.95. The third-order valence-corrected chi connectivity index (χ3v) is 2.30. The normalized spacial score (nSPS) is 10.9. The van der Waals surface area contributed by atoms with Gasteiger partial charge in [-0.1, -0.05) is 32.9 Å². The smallest absolute Gasteiger partial charge is 0.280 e. The third-order valence-electron chi connectivity index (χ3n) is 2.30. The fraction of sp³-hybridized carbons (Fsp3) is 0.500. The number of fused-ring (bicyclic) bond motifs is 1. The number of anilines is 1. The van der Waals surface area contributed by atoms with E-state index >= 15 is 0 Å². The number of alkyl halides is 2. The van der Waals surface area contributed by atoms with Gasteiger partial charge in [0.2, 0.25) is 0 Å². The summed E-state index contributed by atoms with van der Waals surface area (Å²) in [5.41, 5.74) is 6.08. The van der Waals surface area contributed by atoms with E-state index in [9.17, 15) is 8.78 Å². The highest BCUT2D eigenvalue weighted by Gasteiger charge is 2.19. The standard InChI is InChI=1S/C10H11F2N3O.C2H6/c1-4(2)7-8-5(10(13)15-16-8)3-6(14-7)9(11)12;1-2/h3-4,9H,1-2H3,(H2,13,15);1-2H3. The Bertz CT molecular complexity index is 523. The molecule has 0 spiro atoms. The van der Waals surface area contributed by atoms with Gasteiger partial charge in [-0.25, -0.2) is 13.8 Å². The highest BCUT2D eigenvalue weighted by molar-refractivity contribution is 5.88. The van der Waals surface area contributed by atoms with Gasteiger partial charge in [0.25, 0.3) is 6.43 Å². The van der Waals surface area contributed by atoms with Crippen LogP contribution in [-0.2, 0) is 0 Å².